The lowest BCUT2D eigenvalue weighted by Crippen LogP contribution is -2.27. The molecule has 0 spiro atoms. The molecule has 1 saturated heterocycles. The Morgan fingerprint density at radius 2 is 2.00 bits per heavy atom. The number of likely N-dealkylation sites (N-methyl/N-ethyl adjacent to an activating group) is 1. The number of amides is 1. The maximum absolute atomic E-state index is 11.9. The van der Waals surface area contributed by atoms with E-state index in [1.54, 1.807) is 18.0 Å². The Labute approximate surface area is 85.6 Å². The Morgan fingerprint density at radius 1 is 1.43 bits per heavy atom. The third-order valence-corrected chi connectivity index (χ3v) is 2.71. The normalized spacial score (nSPS) is 26.3. The minimum Gasteiger partial charge on any atom is -0.314 e. The second kappa shape index (κ2) is 3.45. The highest BCUT2D eigenvalue weighted by molar-refractivity contribution is 5.92. The van der Waals surface area contributed by atoms with Crippen LogP contribution < -0.4 is 0 Å². The first kappa shape index (κ1) is 10.8. The standard InChI is InChI=1S/C12H17NO/c1-6-8-10-9(7-2)12(3,4)11(14)13(10)5/h6-8H,1H2,2-5H3/b9-7+,10-8+. The number of hydrogen-bond acceptors (Lipinski definition) is 1. The lowest BCUT2D eigenvalue weighted by Gasteiger charge is -2.15. The largest absolute Gasteiger partial charge is 0.314 e. The van der Waals surface area contributed by atoms with Crippen molar-refractivity contribution in [2.45, 2.75) is 20.8 Å². The molecule has 0 bridgehead atoms. The van der Waals surface area contributed by atoms with Crippen LogP contribution in [0.25, 0.3) is 0 Å². The van der Waals surface area contributed by atoms with Gasteiger partial charge in [-0.25, -0.2) is 0 Å². The predicted molar refractivity (Wildman–Crippen MR) is 58.6 cm³/mol. The lowest BCUT2D eigenvalue weighted by molar-refractivity contribution is -0.132. The van der Waals surface area contributed by atoms with Crippen molar-refractivity contribution >= 4 is 5.91 Å². The van der Waals surface area contributed by atoms with Crippen molar-refractivity contribution in [3.8, 4) is 0 Å². The molecular weight excluding hydrogens is 174 g/mol. The number of carbonyl (C=O) groups excluding carboxylic acids is 1. The average Bonchev–Trinajstić information content (AvgIpc) is 2.28. The van der Waals surface area contributed by atoms with Crippen LogP contribution in [0.4, 0.5) is 0 Å². The highest BCUT2D eigenvalue weighted by Gasteiger charge is 2.43. The quantitative estimate of drug-likeness (QED) is 0.623. The summed E-state index contributed by atoms with van der Waals surface area (Å²) in [4.78, 5) is 13.6. The second-order valence-electron chi connectivity index (χ2n) is 3.98. The molecule has 0 atom stereocenters. The van der Waals surface area contributed by atoms with Crippen molar-refractivity contribution in [1.82, 2.24) is 4.90 Å². The van der Waals surface area contributed by atoms with Crippen LogP contribution in [0.5, 0.6) is 0 Å². The van der Waals surface area contributed by atoms with Crippen molar-refractivity contribution in [3.63, 3.8) is 0 Å². The Morgan fingerprint density at radius 3 is 2.43 bits per heavy atom. The van der Waals surface area contributed by atoms with Crippen molar-refractivity contribution in [3.05, 3.63) is 36.1 Å². The zero-order valence-electron chi connectivity index (χ0n) is 9.29. The maximum atomic E-state index is 11.9. The monoisotopic (exact) mass is 191 g/mol. The topological polar surface area (TPSA) is 20.3 Å². The lowest BCUT2D eigenvalue weighted by atomic mass is 9.85. The molecule has 0 saturated carbocycles. The van der Waals surface area contributed by atoms with Gasteiger partial charge in [0.2, 0.25) is 5.91 Å². The summed E-state index contributed by atoms with van der Waals surface area (Å²) in [6.45, 7) is 9.52. The third-order valence-electron chi connectivity index (χ3n) is 2.71. The smallest absolute Gasteiger partial charge is 0.236 e. The Kier molecular flexibility index (Phi) is 2.65. The van der Waals surface area contributed by atoms with E-state index in [4.69, 9.17) is 0 Å². The van der Waals surface area contributed by atoms with Gasteiger partial charge in [0, 0.05) is 12.7 Å². The first-order valence-electron chi connectivity index (χ1n) is 4.74. The fourth-order valence-electron chi connectivity index (χ4n) is 1.97. The van der Waals surface area contributed by atoms with Crippen LogP contribution in [0.2, 0.25) is 0 Å². The van der Waals surface area contributed by atoms with Gasteiger partial charge in [0.25, 0.3) is 0 Å². The second-order valence-corrected chi connectivity index (χ2v) is 3.98. The maximum Gasteiger partial charge on any atom is 0.236 e. The summed E-state index contributed by atoms with van der Waals surface area (Å²) in [5.41, 5.74) is 1.63. The van der Waals surface area contributed by atoms with Gasteiger partial charge < -0.3 is 4.90 Å². The molecule has 0 unspecified atom stereocenters. The molecule has 76 valence electrons. The minimum atomic E-state index is -0.404. The number of carbonyl (C=O) groups is 1. The van der Waals surface area contributed by atoms with Gasteiger partial charge in [-0.2, -0.15) is 0 Å². The molecule has 0 N–H and O–H groups in total. The summed E-state index contributed by atoms with van der Waals surface area (Å²) in [5.74, 6) is 0.138. The highest BCUT2D eigenvalue weighted by Crippen LogP contribution is 2.41. The Bertz CT molecular complexity index is 334. The molecule has 0 radical (unpaired) electrons. The van der Waals surface area contributed by atoms with Crippen LogP contribution in [0.1, 0.15) is 20.8 Å². The van der Waals surface area contributed by atoms with Crippen LogP contribution in [-0.4, -0.2) is 17.9 Å². The van der Waals surface area contributed by atoms with E-state index in [2.05, 4.69) is 6.58 Å². The van der Waals surface area contributed by atoms with Gasteiger partial charge in [-0.05, 0) is 32.4 Å². The van der Waals surface area contributed by atoms with Crippen LogP contribution in [0.3, 0.4) is 0 Å². The van der Waals surface area contributed by atoms with Gasteiger partial charge in [-0.3, -0.25) is 4.79 Å². The first-order chi connectivity index (χ1) is 6.46. The van der Waals surface area contributed by atoms with E-state index in [0.717, 1.165) is 11.3 Å². The van der Waals surface area contributed by atoms with E-state index in [1.165, 1.54) is 0 Å². The van der Waals surface area contributed by atoms with Crippen LogP contribution >= 0.6 is 0 Å². The number of hydrogen-bond donors (Lipinski definition) is 0. The third kappa shape index (κ3) is 1.31. The molecule has 1 aliphatic heterocycles. The van der Waals surface area contributed by atoms with Crippen LogP contribution in [0.15, 0.2) is 36.1 Å². The molecule has 1 aliphatic rings. The molecule has 2 heteroatoms. The van der Waals surface area contributed by atoms with Crippen molar-refractivity contribution in [1.29, 1.82) is 0 Å². The molecule has 0 aromatic rings. The summed E-state index contributed by atoms with van der Waals surface area (Å²) in [7, 11) is 1.80. The molecule has 1 heterocycles. The highest BCUT2D eigenvalue weighted by atomic mass is 16.2. The van der Waals surface area contributed by atoms with Gasteiger partial charge in [0.15, 0.2) is 0 Å². The summed E-state index contributed by atoms with van der Waals surface area (Å²) >= 11 is 0. The van der Waals surface area contributed by atoms with Gasteiger partial charge in [-0.1, -0.05) is 18.7 Å². The SMILES string of the molecule is C=C/C=C1\C(=C/C)C(C)(C)C(=O)N1C. The van der Waals surface area contributed by atoms with E-state index < -0.39 is 5.41 Å². The van der Waals surface area contributed by atoms with Crippen molar-refractivity contribution in [2.24, 2.45) is 5.41 Å². The minimum absolute atomic E-state index is 0.138. The molecular formula is C12H17NO. The van der Waals surface area contributed by atoms with E-state index in [-0.39, 0.29) is 5.91 Å². The first-order valence-corrected chi connectivity index (χ1v) is 4.74. The fourth-order valence-corrected chi connectivity index (χ4v) is 1.97. The fraction of sp³-hybridized carbons (Fsp3) is 0.417. The Hall–Kier alpha value is -1.31. The zero-order chi connectivity index (χ0) is 10.9. The molecule has 14 heavy (non-hydrogen) atoms. The number of nitrogens with zero attached hydrogens (tertiary/aromatic N) is 1. The summed E-state index contributed by atoms with van der Waals surface area (Å²) in [5, 5.41) is 0. The zero-order valence-corrected chi connectivity index (χ0v) is 9.29. The molecule has 1 rings (SSSR count). The van der Waals surface area contributed by atoms with Crippen molar-refractivity contribution < 1.29 is 4.79 Å². The van der Waals surface area contributed by atoms with E-state index >= 15 is 0 Å². The number of rotatable bonds is 1. The van der Waals surface area contributed by atoms with Crippen molar-refractivity contribution in [2.75, 3.05) is 7.05 Å². The summed E-state index contributed by atoms with van der Waals surface area (Å²) in [6, 6.07) is 0. The average molecular weight is 191 g/mol. The molecule has 1 fully saturated rings. The number of likely N-dealkylation sites (tertiary alicyclic amines) is 1. The van der Waals surface area contributed by atoms with E-state index in [9.17, 15) is 4.79 Å². The van der Waals surface area contributed by atoms with Gasteiger partial charge in [0.05, 0.1) is 5.41 Å². The van der Waals surface area contributed by atoms with E-state index in [1.807, 2.05) is 32.9 Å². The van der Waals surface area contributed by atoms with E-state index in [0.29, 0.717) is 0 Å². The summed E-state index contributed by atoms with van der Waals surface area (Å²) in [6.07, 6.45) is 5.59. The molecule has 0 aromatic carbocycles. The number of allylic oxidation sites excluding steroid dienone is 4. The van der Waals surface area contributed by atoms with Gasteiger partial charge >= 0.3 is 0 Å². The molecule has 1 amide bonds. The summed E-state index contributed by atoms with van der Waals surface area (Å²) < 4.78 is 0. The molecule has 2 nitrogen and oxygen atoms in total. The van der Waals surface area contributed by atoms with Gasteiger partial charge in [-0.15, -0.1) is 0 Å². The Balaban J connectivity index is 3.31. The van der Waals surface area contributed by atoms with Gasteiger partial charge in [0.1, 0.15) is 0 Å². The predicted octanol–water partition coefficient (Wildman–Crippen LogP) is 2.50. The molecule has 0 aromatic heterocycles. The van der Waals surface area contributed by atoms with Crippen LogP contribution in [-0.2, 0) is 4.79 Å². The van der Waals surface area contributed by atoms with Crippen LogP contribution in [0, 0.1) is 5.41 Å². The molecule has 0 aliphatic carbocycles.